The maximum Gasteiger partial charge on any atom is 0.255 e. The zero-order valence-corrected chi connectivity index (χ0v) is 16.4. The Bertz CT molecular complexity index is 1070. The maximum absolute atomic E-state index is 12.7. The lowest BCUT2D eigenvalue weighted by Gasteiger charge is -2.11. The van der Waals surface area contributed by atoms with Crippen LogP contribution in [0.4, 0.5) is 11.4 Å². The van der Waals surface area contributed by atoms with Gasteiger partial charge in [-0.3, -0.25) is 14.4 Å². The summed E-state index contributed by atoms with van der Waals surface area (Å²) in [4.78, 5) is 36.8. The van der Waals surface area contributed by atoms with Crippen LogP contribution in [0.2, 0.25) is 0 Å². The lowest BCUT2D eigenvalue weighted by atomic mass is 10.1. The van der Waals surface area contributed by atoms with Crippen LogP contribution in [0.15, 0.2) is 72.8 Å². The third-order valence-corrected chi connectivity index (χ3v) is 4.56. The van der Waals surface area contributed by atoms with Gasteiger partial charge in [-0.2, -0.15) is 0 Å². The van der Waals surface area contributed by atoms with Gasteiger partial charge in [0.2, 0.25) is 0 Å². The summed E-state index contributed by atoms with van der Waals surface area (Å²) in [5, 5.41) is 5.67. The fourth-order valence-corrected chi connectivity index (χ4v) is 2.97. The normalized spacial score (nSPS) is 10.3. The van der Waals surface area contributed by atoms with E-state index in [1.54, 1.807) is 48.5 Å². The molecule has 2 N–H and O–H groups in total. The fraction of sp³-hybridized carbons (Fsp3) is 0.125. The van der Waals surface area contributed by atoms with Gasteiger partial charge in [-0.25, -0.2) is 0 Å². The first-order chi connectivity index (χ1) is 14.0. The van der Waals surface area contributed by atoms with Crippen LogP contribution in [0.3, 0.4) is 0 Å². The van der Waals surface area contributed by atoms with Gasteiger partial charge in [-0.15, -0.1) is 0 Å². The number of benzene rings is 3. The average Bonchev–Trinajstić information content (AvgIpc) is 2.74. The molecule has 0 bridgehead atoms. The molecule has 5 nitrogen and oxygen atoms in total. The molecule has 0 fully saturated rings. The molecule has 0 spiro atoms. The molecular formula is C24H22N2O3. The second-order valence-corrected chi connectivity index (χ2v) is 6.64. The Balaban J connectivity index is 1.76. The van der Waals surface area contributed by atoms with Gasteiger partial charge in [0, 0.05) is 28.1 Å². The van der Waals surface area contributed by atoms with E-state index < -0.39 is 0 Å². The second-order valence-electron chi connectivity index (χ2n) is 6.64. The Morgan fingerprint density at radius 2 is 1.34 bits per heavy atom. The number of carbonyl (C=O) groups is 3. The standard InChI is InChI=1S/C24H22N2O3/c1-3-17-8-4-5-13-22(17)26-24(29)20-11-6-10-19(14-20)23(28)25-21-12-7-9-18(15-21)16(2)27/h4-15H,3H2,1-2H3,(H,25,28)(H,26,29). The lowest BCUT2D eigenvalue weighted by Crippen LogP contribution is -2.16. The highest BCUT2D eigenvalue weighted by atomic mass is 16.2. The van der Waals surface area contributed by atoms with Gasteiger partial charge >= 0.3 is 0 Å². The summed E-state index contributed by atoms with van der Waals surface area (Å²) in [5.74, 6) is -0.708. The quantitative estimate of drug-likeness (QED) is 0.588. The van der Waals surface area contributed by atoms with E-state index in [4.69, 9.17) is 0 Å². The van der Waals surface area contributed by atoms with Crippen molar-refractivity contribution in [2.75, 3.05) is 10.6 Å². The van der Waals surface area contributed by atoms with E-state index in [2.05, 4.69) is 10.6 Å². The number of para-hydroxylation sites is 1. The van der Waals surface area contributed by atoms with Crippen LogP contribution in [0, 0.1) is 0 Å². The van der Waals surface area contributed by atoms with Crippen molar-refractivity contribution in [3.63, 3.8) is 0 Å². The monoisotopic (exact) mass is 386 g/mol. The summed E-state index contributed by atoms with van der Waals surface area (Å²) < 4.78 is 0. The van der Waals surface area contributed by atoms with Gasteiger partial charge in [-0.1, -0.05) is 43.3 Å². The molecule has 0 atom stereocenters. The molecule has 0 saturated heterocycles. The molecule has 146 valence electrons. The molecule has 29 heavy (non-hydrogen) atoms. The summed E-state index contributed by atoms with van der Waals surface area (Å²) in [6.07, 6.45) is 0.804. The minimum absolute atomic E-state index is 0.0767. The first kappa shape index (κ1) is 20.0. The van der Waals surface area contributed by atoms with Gasteiger partial charge < -0.3 is 10.6 Å². The summed E-state index contributed by atoms with van der Waals surface area (Å²) in [5.41, 5.74) is 3.59. The SMILES string of the molecule is CCc1ccccc1NC(=O)c1cccc(C(=O)Nc2cccc(C(C)=O)c2)c1. The number of nitrogens with one attached hydrogen (secondary N) is 2. The molecule has 3 aromatic carbocycles. The van der Waals surface area contributed by atoms with Crippen molar-refractivity contribution >= 4 is 29.0 Å². The predicted molar refractivity (Wildman–Crippen MR) is 115 cm³/mol. The van der Waals surface area contributed by atoms with E-state index in [0.29, 0.717) is 22.4 Å². The lowest BCUT2D eigenvalue weighted by molar-refractivity contribution is 0.100. The molecule has 0 aliphatic carbocycles. The van der Waals surface area contributed by atoms with Crippen LogP contribution in [-0.2, 0) is 6.42 Å². The summed E-state index contributed by atoms with van der Waals surface area (Å²) >= 11 is 0. The third kappa shape index (κ3) is 4.96. The Hall–Kier alpha value is -3.73. The van der Waals surface area contributed by atoms with E-state index in [-0.39, 0.29) is 17.6 Å². The minimum atomic E-state index is -0.352. The predicted octanol–water partition coefficient (Wildman–Crippen LogP) is 4.96. The summed E-state index contributed by atoms with van der Waals surface area (Å²) in [7, 11) is 0. The van der Waals surface area contributed by atoms with E-state index in [0.717, 1.165) is 17.7 Å². The zero-order chi connectivity index (χ0) is 20.8. The highest BCUT2D eigenvalue weighted by molar-refractivity contribution is 6.09. The average molecular weight is 386 g/mol. The molecule has 0 aromatic heterocycles. The third-order valence-electron chi connectivity index (χ3n) is 4.56. The van der Waals surface area contributed by atoms with Gasteiger partial charge in [0.25, 0.3) is 11.8 Å². The molecule has 0 aliphatic heterocycles. The topological polar surface area (TPSA) is 75.3 Å². The molecule has 2 amide bonds. The van der Waals surface area contributed by atoms with E-state index in [9.17, 15) is 14.4 Å². The molecule has 0 heterocycles. The van der Waals surface area contributed by atoms with Gasteiger partial charge in [0.05, 0.1) is 0 Å². The van der Waals surface area contributed by atoms with Gasteiger partial charge in [0.15, 0.2) is 5.78 Å². The molecule has 0 unspecified atom stereocenters. The van der Waals surface area contributed by atoms with Crippen molar-refractivity contribution in [1.29, 1.82) is 0 Å². The fourth-order valence-electron chi connectivity index (χ4n) is 2.97. The van der Waals surface area contributed by atoms with Crippen molar-refractivity contribution in [3.8, 4) is 0 Å². The van der Waals surface area contributed by atoms with Crippen LogP contribution in [-0.4, -0.2) is 17.6 Å². The number of Topliss-reactive ketones (excluding diaryl/α,β-unsaturated/α-hetero) is 1. The Labute approximate surface area is 169 Å². The number of aryl methyl sites for hydroxylation is 1. The first-order valence-corrected chi connectivity index (χ1v) is 9.39. The second kappa shape index (κ2) is 8.97. The highest BCUT2D eigenvalue weighted by Gasteiger charge is 2.12. The highest BCUT2D eigenvalue weighted by Crippen LogP contribution is 2.18. The van der Waals surface area contributed by atoms with Crippen molar-refractivity contribution < 1.29 is 14.4 Å². The Kier molecular flexibility index (Phi) is 6.19. The van der Waals surface area contributed by atoms with Crippen LogP contribution < -0.4 is 10.6 Å². The van der Waals surface area contributed by atoms with E-state index in [1.165, 1.54) is 6.92 Å². The van der Waals surface area contributed by atoms with Crippen molar-refractivity contribution in [1.82, 2.24) is 0 Å². The van der Waals surface area contributed by atoms with Gasteiger partial charge in [0.1, 0.15) is 0 Å². The Morgan fingerprint density at radius 1 is 0.724 bits per heavy atom. The van der Waals surface area contributed by atoms with Crippen molar-refractivity contribution in [3.05, 3.63) is 95.1 Å². The smallest absolute Gasteiger partial charge is 0.255 e. The van der Waals surface area contributed by atoms with Gasteiger partial charge in [-0.05, 0) is 55.3 Å². The zero-order valence-electron chi connectivity index (χ0n) is 16.4. The molecule has 5 heteroatoms. The number of rotatable bonds is 6. The maximum atomic E-state index is 12.7. The first-order valence-electron chi connectivity index (χ1n) is 9.39. The number of amides is 2. The van der Waals surface area contributed by atoms with Crippen LogP contribution in [0.5, 0.6) is 0 Å². The molecule has 0 saturated carbocycles. The molecule has 3 rings (SSSR count). The summed E-state index contributed by atoms with van der Waals surface area (Å²) in [6, 6.07) is 20.9. The molecule has 3 aromatic rings. The van der Waals surface area contributed by atoms with Crippen molar-refractivity contribution in [2.45, 2.75) is 20.3 Å². The van der Waals surface area contributed by atoms with Crippen LogP contribution in [0.25, 0.3) is 0 Å². The van der Waals surface area contributed by atoms with Crippen molar-refractivity contribution in [2.24, 2.45) is 0 Å². The summed E-state index contributed by atoms with van der Waals surface area (Å²) in [6.45, 7) is 3.50. The number of hydrogen-bond acceptors (Lipinski definition) is 3. The number of carbonyl (C=O) groups excluding carboxylic acids is 3. The van der Waals surface area contributed by atoms with E-state index >= 15 is 0 Å². The number of ketones is 1. The number of hydrogen-bond donors (Lipinski definition) is 2. The molecule has 0 aliphatic rings. The van der Waals surface area contributed by atoms with Crippen LogP contribution >= 0.6 is 0 Å². The number of anilines is 2. The van der Waals surface area contributed by atoms with Crippen LogP contribution in [0.1, 0.15) is 50.5 Å². The Morgan fingerprint density at radius 3 is 2.03 bits per heavy atom. The molecular weight excluding hydrogens is 364 g/mol. The molecule has 0 radical (unpaired) electrons. The minimum Gasteiger partial charge on any atom is -0.322 e. The van der Waals surface area contributed by atoms with E-state index in [1.807, 2.05) is 31.2 Å². The largest absolute Gasteiger partial charge is 0.322 e.